The molecular weight excluding hydrogens is 197 g/mol. The molecule has 0 radical (unpaired) electrons. The highest BCUT2D eigenvalue weighted by Crippen LogP contribution is 2.26. The first-order valence-electron chi connectivity index (χ1n) is 3.52. The first-order chi connectivity index (χ1) is 6.60. The molecule has 0 aliphatic rings. The Balaban J connectivity index is 3.36. The minimum absolute atomic E-state index is 0.210. The van der Waals surface area contributed by atoms with E-state index < -0.39 is 23.5 Å². The van der Waals surface area contributed by atoms with Gasteiger partial charge < -0.3 is 4.74 Å². The number of ether oxygens (including phenoxy) is 1. The largest absolute Gasteiger partial charge is 0.481 e. The molecule has 0 atom stereocenters. The highest BCUT2D eigenvalue weighted by atomic mass is 19.3. The molecular formula is C8H5F3N2O. The van der Waals surface area contributed by atoms with Gasteiger partial charge in [-0.15, -0.1) is 0 Å². The number of hydrogen-bond donors (Lipinski definition) is 0. The summed E-state index contributed by atoms with van der Waals surface area (Å²) in [6.07, 6.45) is -3.00. The van der Waals surface area contributed by atoms with Gasteiger partial charge >= 0.3 is 0 Å². The maximum atomic E-state index is 13.0. The molecule has 1 rings (SSSR count). The molecule has 74 valence electrons. The van der Waals surface area contributed by atoms with Crippen molar-refractivity contribution in [3.8, 4) is 11.9 Å². The lowest BCUT2D eigenvalue weighted by atomic mass is 10.2. The quantitative estimate of drug-likeness (QED) is 0.737. The van der Waals surface area contributed by atoms with E-state index in [1.807, 2.05) is 0 Å². The summed E-state index contributed by atoms with van der Waals surface area (Å²) in [5.74, 6) is -1.51. The van der Waals surface area contributed by atoms with E-state index in [4.69, 9.17) is 5.26 Å². The lowest BCUT2D eigenvalue weighted by Gasteiger charge is -2.05. The van der Waals surface area contributed by atoms with Gasteiger partial charge in [-0.1, -0.05) is 0 Å². The molecule has 14 heavy (non-hydrogen) atoms. The number of alkyl halides is 2. The monoisotopic (exact) mass is 202 g/mol. The van der Waals surface area contributed by atoms with Gasteiger partial charge in [0.25, 0.3) is 6.43 Å². The molecule has 0 aliphatic carbocycles. The third-order valence-electron chi connectivity index (χ3n) is 1.51. The molecule has 6 heteroatoms. The van der Waals surface area contributed by atoms with Crippen molar-refractivity contribution >= 4 is 0 Å². The number of halogens is 3. The van der Waals surface area contributed by atoms with Crippen molar-refractivity contribution in [1.82, 2.24) is 4.98 Å². The molecule has 1 heterocycles. The summed E-state index contributed by atoms with van der Waals surface area (Å²) >= 11 is 0. The van der Waals surface area contributed by atoms with Crippen molar-refractivity contribution in [2.45, 2.75) is 6.43 Å². The van der Waals surface area contributed by atoms with Crippen molar-refractivity contribution in [1.29, 1.82) is 5.26 Å². The first-order valence-corrected chi connectivity index (χ1v) is 3.52. The van der Waals surface area contributed by atoms with Crippen LogP contribution in [0.25, 0.3) is 0 Å². The van der Waals surface area contributed by atoms with Gasteiger partial charge in [0.2, 0.25) is 5.88 Å². The molecule has 3 nitrogen and oxygen atoms in total. The van der Waals surface area contributed by atoms with Crippen LogP contribution in [0.15, 0.2) is 6.07 Å². The van der Waals surface area contributed by atoms with Crippen molar-refractivity contribution < 1.29 is 17.9 Å². The zero-order valence-electron chi connectivity index (χ0n) is 7.09. The molecule has 0 saturated carbocycles. The highest BCUT2D eigenvalue weighted by Gasteiger charge is 2.19. The van der Waals surface area contributed by atoms with Gasteiger partial charge in [0.05, 0.1) is 12.7 Å². The average Bonchev–Trinajstić information content (AvgIpc) is 2.17. The van der Waals surface area contributed by atoms with E-state index in [9.17, 15) is 13.2 Å². The first kappa shape index (κ1) is 10.3. The van der Waals surface area contributed by atoms with E-state index in [1.54, 1.807) is 0 Å². The van der Waals surface area contributed by atoms with Gasteiger partial charge in [0.15, 0.2) is 11.5 Å². The molecule has 0 fully saturated rings. The SMILES string of the molecule is COc1cc(C(F)F)c(F)c(C#N)n1. The van der Waals surface area contributed by atoms with Crippen LogP contribution in [0.5, 0.6) is 5.88 Å². The fourth-order valence-electron chi connectivity index (χ4n) is 0.862. The summed E-state index contributed by atoms with van der Waals surface area (Å²) in [4.78, 5) is 3.36. The maximum absolute atomic E-state index is 13.0. The van der Waals surface area contributed by atoms with Crippen LogP contribution in [-0.2, 0) is 0 Å². The zero-order valence-corrected chi connectivity index (χ0v) is 7.09. The number of pyridine rings is 1. The van der Waals surface area contributed by atoms with Crippen molar-refractivity contribution in [2.24, 2.45) is 0 Å². The Kier molecular flexibility index (Phi) is 2.92. The van der Waals surface area contributed by atoms with E-state index in [-0.39, 0.29) is 5.88 Å². The second kappa shape index (κ2) is 3.96. The molecule has 1 aromatic heterocycles. The third-order valence-corrected chi connectivity index (χ3v) is 1.51. The number of methoxy groups -OCH3 is 1. The van der Waals surface area contributed by atoms with Crippen molar-refractivity contribution in [3.63, 3.8) is 0 Å². The van der Waals surface area contributed by atoms with Crippen LogP contribution < -0.4 is 4.74 Å². The van der Waals surface area contributed by atoms with Gasteiger partial charge in [-0.25, -0.2) is 13.2 Å². The average molecular weight is 202 g/mol. The normalized spacial score (nSPS) is 10.0. The second-order valence-electron chi connectivity index (χ2n) is 2.33. The topological polar surface area (TPSA) is 45.9 Å². The lowest BCUT2D eigenvalue weighted by Crippen LogP contribution is -2.00. The Bertz CT molecular complexity index is 387. The summed E-state index contributed by atoms with van der Waals surface area (Å²) in [7, 11) is 1.19. The molecule has 1 aromatic rings. The van der Waals surface area contributed by atoms with Gasteiger partial charge in [-0.3, -0.25) is 0 Å². The summed E-state index contributed by atoms with van der Waals surface area (Å²) in [6, 6.07) is 2.13. The van der Waals surface area contributed by atoms with Crippen LogP contribution in [0.1, 0.15) is 17.7 Å². The molecule has 0 saturated heterocycles. The minimum Gasteiger partial charge on any atom is -0.481 e. The summed E-state index contributed by atoms with van der Waals surface area (Å²) in [5, 5.41) is 8.39. The number of nitrogens with zero attached hydrogens (tertiary/aromatic N) is 2. The number of rotatable bonds is 2. The molecule has 0 amide bonds. The van der Waals surface area contributed by atoms with Crippen molar-refractivity contribution in [3.05, 3.63) is 23.1 Å². The molecule has 0 N–H and O–H groups in total. The molecule has 0 unspecified atom stereocenters. The summed E-state index contributed by atoms with van der Waals surface area (Å²) < 4.78 is 42.0. The summed E-state index contributed by atoms with van der Waals surface area (Å²) in [5.41, 5.74) is -1.58. The zero-order chi connectivity index (χ0) is 10.7. The predicted octanol–water partition coefficient (Wildman–Crippen LogP) is 2.04. The molecule has 0 aliphatic heterocycles. The Morgan fingerprint density at radius 2 is 2.21 bits per heavy atom. The van der Waals surface area contributed by atoms with Crippen LogP contribution >= 0.6 is 0 Å². The van der Waals surface area contributed by atoms with Gasteiger partial charge in [-0.05, 0) is 0 Å². The molecule has 0 spiro atoms. The minimum atomic E-state index is -3.00. The van der Waals surface area contributed by atoms with E-state index in [2.05, 4.69) is 9.72 Å². The predicted molar refractivity (Wildman–Crippen MR) is 40.4 cm³/mol. The fourth-order valence-corrected chi connectivity index (χ4v) is 0.862. The van der Waals surface area contributed by atoms with Crippen LogP contribution in [0.3, 0.4) is 0 Å². The van der Waals surface area contributed by atoms with E-state index in [1.165, 1.54) is 13.2 Å². The fraction of sp³-hybridized carbons (Fsp3) is 0.250. The Labute approximate surface area is 77.7 Å². The smallest absolute Gasteiger partial charge is 0.266 e. The number of hydrogen-bond acceptors (Lipinski definition) is 3. The Morgan fingerprint density at radius 1 is 1.57 bits per heavy atom. The van der Waals surface area contributed by atoms with Crippen LogP contribution in [0.4, 0.5) is 13.2 Å². The number of aromatic nitrogens is 1. The van der Waals surface area contributed by atoms with Crippen LogP contribution in [0.2, 0.25) is 0 Å². The van der Waals surface area contributed by atoms with Crippen LogP contribution in [0, 0.1) is 17.1 Å². The maximum Gasteiger partial charge on any atom is 0.266 e. The lowest BCUT2D eigenvalue weighted by molar-refractivity contribution is 0.145. The van der Waals surface area contributed by atoms with E-state index in [0.717, 1.165) is 6.07 Å². The highest BCUT2D eigenvalue weighted by molar-refractivity contribution is 5.34. The van der Waals surface area contributed by atoms with Crippen molar-refractivity contribution in [2.75, 3.05) is 7.11 Å². The third kappa shape index (κ3) is 1.76. The number of nitriles is 1. The second-order valence-corrected chi connectivity index (χ2v) is 2.33. The summed E-state index contributed by atoms with van der Waals surface area (Å²) in [6.45, 7) is 0. The Hall–Kier alpha value is -1.77. The Morgan fingerprint density at radius 3 is 2.64 bits per heavy atom. The van der Waals surface area contributed by atoms with Gasteiger partial charge in [0, 0.05) is 6.07 Å². The van der Waals surface area contributed by atoms with Crippen LogP contribution in [-0.4, -0.2) is 12.1 Å². The van der Waals surface area contributed by atoms with Gasteiger partial charge in [0.1, 0.15) is 6.07 Å². The van der Waals surface area contributed by atoms with Gasteiger partial charge in [-0.2, -0.15) is 10.2 Å². The molecule has 0 bridgehead atoms. The van der Waals surface area contributed by atoms with E-state index in [0.29, 0.717) is 0 Å². The van der Waals surface area contributed by atoms with E-state index >= 15 is 0 Å². The standard InChI is InChI=1S/C8H5F3N2O/c1-14-6-2-4(8(10)11)7(9)5(3-12)13-6/h2,8H,1H3. The molecule has 0 aromatic carbocycles.